The zero-order chi connectivity index (χ0) is 14.3. The van der Waals surface area contributed by atoms with Crippen molar-refractivity contribution in [3.63, 3.8) is 0 Å². The van der Waals surface area contributed by atoms with Crippen molar-refractivity contribution in [2.24, 2.45) is 12.8 Å². The van der Waals surface area contributed by atoms with E-state index in [1.165, 1.54) is 0 Å². The van der Waals surface area contributed by atoms with Crippen molar-refractivity contribution in [1.29, 1.82) is 0 Å². The van der Waals surface area contributed by atoms with Crippen molar-refractivity contribution in [2.45, 2.75) is 6.42 Å². The summed E-state index contributed by atoms with van der Waals surface area (Å²) in [6.07, 6.45) is 0.745. The van der Waals surface area contributed by atoms with Gasteiger partial charge in [0.25, 0.3) is 0 Å². The molecule has 7 heteroatoms. The molecule has 1 aromatic carbocycles. The smallest absolute Gasteiger partial charge is 0.408 e. The molecule has 0 atom stereocenters. The predicted molar refractivity (Wildman–Crippen MR) is 79.5 cm³/mol. The van der Waals surface area contributed by atoms with Gasteiger partial charge in [-0.1, -0.05) is 0 Å². The lowest BCUT2D eigenvalue weighted by Crippen LogP contribution is -2.07. The van der Waals surface area contributed by atoms with Crippen LogP contribution in [0.25, 0.3) is 22.4 Å². The van der Waals surface area contributed by atoms with Crippen LogP contribution in [-0.4, -0.2) is 21.3 Å². The number of hydrogen-bond acceptors (Lipinski definition) is 4. The minimum atomic E-state index is -0.457. The Kier molecular flexibility index (Phi) is 3.23. The Hall–Kier alpha value is -1.86. The van der Waals surface area contributed by atoms with Crippen molar-refractivity contribution in [2.75, 3.05) is 6.54 Å². The molecule has 0 radical (unpaired) electrons. The monoisotopic (exact) mass is 336 g/mol. The molecule has 0 saturated heterocycles. The number of halogens is 1. The molecule has 104 valence electrons. The van der Waals surface area contributed by atoms with Crippen LogP contribution >= 0.6 is 15.9 Å². The van der Waals surface area contributed by atoms with Crippen LogP contribution in [0.1, 0.15) is 5.69 Å². The maximum Gasteiger partial charge on any atom is 0.417 e. The second-order valence-electron chi connectivity index (χ2n) is 4.50. The second-order valence-corrected chi connectivity index (χ2v) is 5.29. The fraction of sp³-hybridized carbons (Fsp3) is 0.231. The summed E-state index contributed by atoms with van der Waals surface area (Å²) in [6, 6.07) is 5.48. The molecule has 0 fully saturated rings. The summed E-state index contributed by atoms with van der Waals surface area (Å²) in [5, 5.41) is 4.50. The van der Waals surface area contributed by atoms with Crippen LogP contribution in [0.3, 0.4) is 0 Å². The molecule has 2 heterocycles. The third kappa shape index (κ3) is 2.08. The van der Waals surface area contributed by atoms with Crippen molar-refractivity contribution in [3.05, 3.63) is 38.9 Å². The van der Waals surface area contributed by atoms with E-state index in [2.05, 4.69) is 26.0 Å². The lowest BCUT2D eigenvalue weighted by Gasteiger charge is -1.99. The molecule has 0 unspecified atom stereocenters. The first kappa shape index (κ1) is 13.1. The summed E-state index contributed by atoms with van der Waals surface area (Å²) in [4.78, 5) is 13.8. The molecule has 0 bridgehead atoms. The van der Waals surface area contributed by atoms with Gasteiger partial charge >= 0.3 is 5.76 Å². The van der Waals surface area contributed by atoms with E-state index >= 15 is 0 Å². The van der Waals surface area contributed by atoms with Crippen molar-refractivity contribution >= 4 is 27.0 Å². The van der Waals surface area contributed by atoms with E-state index in [1.54, 1.807) is 6.07 Å². The zero-order valence-electron chi connectivity index (χ0n) is 10.8. The molecule has 0 aliphatic rings. The number of benzene rings is 1. The molecule has 3 N–H and O–H groups in total. The first-order valence-corrected chi connectivity index (χ1v) is 6.94. The maximum atomic E-state index is 11.2. The van der Waals surface area contributed by atoms with E-state index in [9.17, 15) is 4.79 Å². The van der Waals surface area contributed by atoms with Crippen LogP contribution in [-0.2, 0) is 13.5 Å². The van der Waals surface area contributed by atoms with Crippen molar-refractivity contribution in [1.82, 2.24) is 14.8 Å². The standard InChI is InChI=1S/C13H13BrN4O2/c1-18-9(4-5-15)11(14)12(17-18)7-2-3-10-8(6-7)16-13(19)20-10/h2-3,6H,4-5,15H2,1H3,(H,16,19). The van der Waals surface area contributed by atoms with Crippen molar-refractivity contribution < 1.29 is 4.42 Å². The minimum Gasteiger partial charge on any atom is -0.408 e. The number of nitrogens with one attached hydrogen (secondary N) is 1. The topological polar surface area (TPSA) is 89.8 Å². The van der Waals surface area contributed by atoms with Gasteiger partial charge in [0, 0.05) is 19.0 Å². The molecule has 3 aromatic rings. The molecule has 0 saturated carbocycles. The van der Waals surface area contributed by atoms with E-state index in [1.807, 2.05) is 23.9 Å². The number of aromatic amines is 1. The molecule has 0 spiro atoms. The Morgan fingerprint density at radius 2 is 2.30 bits per heavy atom. The van der Waals surface area contributed by atoms with Crippen molar-refractivity contribution in [3.8, 4) is 11.3 Å². The summed E-state index contributed by atoms with van der Waals surface area (Å²) in [6.45, 7) is 0.561. The number of hydrogen-bond donors (Lipinski definition) is 2. The lowest BCUT2D eigenvalue weighted by molar-refractivity contribution is 0.555. The summed E-state index contributed by atoms with van der Waals surface area (Å²) in [5.74, 6) is -0.457. The predicted octanol–water partition coefficient (Wildman–Crippen LogP) is 1.79. The van der Waals surface area contributed by atoms with Gasteiger partial charge in [-0.25, -0.2) is 4.79 Å². The number of nitrogens with zero attached hydrogens (tertiary/aromatic N) is 2. The first-order valence-electron chi connectivity index (χ1n) is 6.15. The SMILES string of the molecule is Cn1nc(-c2ccc3oc(=O)[nH]c3c2)c(Br)c1CCN. The second kappa shape index (κ2) is 4.92. The van der Waals surface area contributed by atoms with E-state index in [-0.39, 0.29) is 0 Å². The van der Waals surface area contributed by atoms with Gasteiger partial charge in [0.15, 0.2) is 5.58 Å². The van der Waals surface area contributed by atoms with Crippen LogP contribution in [0.5, 0.6) is 0 Å². The average Bonchev–Trinajstić information content (AvgIpc) is 2.91. The number of H-pyrrole nitrogens is 1. The van der Waals surface area contributed by atoms with E-state index in [0.29, 0.717) is 17.6 Å². The maximum absolute atomic E-state index is 11.2. The Balaban J connectivity index is 2.15. The average molecular weight is 337 g/mol. The van der Waals surface area contributed by atoms with Gasteiger partial charge in [-0.3, -0.25) is 9.67 Å². The van der Waals surface area contributed by atoms with Gasteiger partial charge in [-0.05, 0) is 40.7 Å². The van der Waals surface area contributed by atoms with Crippen LogP contribution in [0.4, 0.5) is 0 Å². The molecule has 0 aliphatic carbocycles. The molecule has 0 amide bonds. The fourth-order valence-electron chi connectivity index (χ4n) is 2.23. The number of aromatic nitrogens is 3. The van der Waals surface area contributed by atoms with Gasteiger partial charge in [-0.2, -0.15) is 5.10 Å². The lowest BCUT2D eigenvalue weighted by atomic mass is 10.1. The highest BCUT2D eigenvalue weighted by Gasteiger charge is 2.15. The Labute approximate surface area is 122 Å². The molecule has 2 aromatic heterocycles. The molecule has 6 nitrogen and oxygen atoms in total. The Morgan fingerprint density at radius 1 is 1.50 bits per heavy atom. The van der Waals surface area contributed by atoms with Gasteiger partial charge in [0.2, 0.25) is 0 Å². The molecular formula is C13H13BrN4O2. The van der Waals surface area contributed by atoms with Gasteiger partial charge < -0.3 is 10.2 Å². The Bertz CT molecular complexity index is 831. The van der Waals surface area contributed by atoms with Gasteiger partial charge in [0.05, 0.1) is 15.7 Å². The number of fused-ring (bicyclic) bond motifs is 1. The van der Waals surface area contributed by atoms with Gasteiger partial charge in [-0.15, -0.1) is 0 Å². The fourth-order valence-corrected chi connectivity index (χ4v) is 2.99. The number of oxazole rings is 1. The van der Waals surface area contributed by atoms with E-state index in [0.717, 1.165) is 27.8 Å². The summed E-state index contributed by atoms with van der Waals surface area (Å²) >= 11 is 3.57. The summed E-state index contributed by atoms with van der Waals surface area (Å²) < 4.78 is 7.73. The number of rotatable bonds is 3. The van der Waals surface area contributed by atoms with Crippen LogP contribution < -0.4 is 11.5 Å². The zero-order valence-corrected chi connectivity index (χ0v) is 12.4. The van der Waals surface area contributed by atoms with Crippen LogP contribution in [0.15, 0.2) is 31.9 Å². The highest BCUT2D eigenvalue weighted by Crippen LogP contribution is 2.31. The number of aryl methyl sites for hydroxylation is 1. The highest BCUT2D eigenvalue weighted by molar-refractivity contribution is 9.10. The molecule has 0 aliphatic heterocycles. The first-order chi connectivity index (χ1) is 9.60. The number of nitrogens with two attached hydrogens (primary N) is 1. The summed E-state index contributed by atoms with van der Waals surface area (Å²) in [7, 11) is 1.89. The molecule has 3 rings (SSSR count). The third-order valence-corrected chi connectivity index (χ3v) is 4.01. The highest BCUT2D eigenvalue weighted by atomic mass is 79.9. The molecular weight excluding hydrogens is 324 g/mol. The quantitative estimate of drug-likeness (QED) is 0.762. The van der Waals surface area contributed by atoms with Crippen LogP contribution in [0.2, 0.25) is 0 Å². The summed E-state index contributed by atoms with van der Waals surface area (Å²) in [5.41, 5.74) is 9.57. The normalized spacial score (nSPS) is 11.3. The molecule has 20 heavy (non-hydrogen) atoms. The van der Waals surface area contributed by atoms with E-state index < -0.39 is 5.76 Å². The largest absolute Gasteiger partial charge is 0.417 e. The minimum absolute atomic E-state index is 0.457. The van der Waals surface area contributed by atoms with Crippen LogP contribution in [0, 0.1) is 0 Å². The third-order valence-electron chi connectivity index (χ3n) is 3.18. The Morgan fingerprint density at radius 3 is 3.05 bits per heavy atom. The van der Waals surface area contributed by atoms with E-state index in [4.69, 9.17) is 10.2 Å². The van der Waals surface area contributed by atoms with Gasteiger partial charge in [0.1, 0.15) is 5.69 Å².